The topological polar surface area (TPSA) is 101 Å². The summed E-state index contributed by atoms with van der Waals surface area (Å²) in [6.45, 7) is 2.73. The number of nitrogens with one attached hydrogen (secondary N) is 1. The monoisotopic (exact) mass is 384 g/mol. The van der Waals surface area contributed by atoms with Crippen molar-refractivity contribution in [1.82, 2.24) is 4.31 Å². The summed E-state index contributed by atoms with van der Waals surface area (Å²) in [5, 5.41) is 2.54. The Balaban J connectivity index is 2.47. The average molecular weight is 384 g/mol. The van der Waals surface area contributed by atoms with Crippen LogP contribution in [-0.2, 0) is 24.7 Å². The summed E-state index contributed by atoms with van der Waals surface area (Å²) >= 11 is 0. The molecule has 1 unspecified atom stereocenters. The molecular formula is C16H20N2O5S2. The van der Waals surface area contributed by atoms with Crippen LogP contribution in [0.2, 0.25) is 0 Å². The van der Waals surface area contributed by atoms with Crippen LogP contribution in [0.5, 0.6) is 0 Å². The third kappa shape index (κ3) is 4.39. The number of terminal acetylenes is 1. The highest BCUT2D eigenvalue weighted by Crippen LogP contribution is 2.28. The summed E-state index contributed by atoms with van der Waals surface area (Å²) < 4.78 is 50.7. The van der Waals surface area contributed by atoms with Gasteiger partial charge in [-0.15, -0.1) is 6.42 Å². The zero-order valence-corrected chi connectivity index (χ0v) is 15.7. The minimum atomic E-state index is -4.01. The fourth-order valence-electron chi connectivity index (χ4n) is 2.79. The number of sulfonamides is 1. The molecule has 0 spiro atoms. The number of carbonyl (C=O) groups excluding carboxylic acids is 1. The van der Waals surface area contributed by atoms with Gasteiger partial charge in [-0.25, -0.2) is 16.8 Å². The largest absolute Gasteiger partial charge is 0.326 e. The van der Waals surface area contributed by atoms with Crippen molar-refractivity contribution in [2.24, 2.45) is 0 Å². The van der Waals surface area contributed by atoms with Crippen LogP contribution < -0.4 is 5.32 Å². The van der Waals surface area contributed by atoms with E-state index in [0.29, 0.717) is 11.3 Å². The van der Waals surface area contributed by atoms with E-state index in [1.54, 1.807) is 19.1 Å². The standard InChI is InChI=1S/C16H20N2O5S2/c1-4-8-18(15-7-9-24(20,21)11-15)25(22,23)16-10-14(17-13(3)19)6-5-12(16)2/h1,5-6,10,15H,7-9,11H2,2-3H3,(H,17,19). The Kier molecular flexibility index (Phi) is 5.56. The SMILES string of the molecule is C#CCN(C1CCS(=O)(=O)C1)S(=O)(=O)c1cc(NC(C)=O)ccc1C. The summed E-state index contributed by atoms with van der Waals surface area (Å²) in [6, 6.07) is 3.85. The average Bonchev–Trinajstić information content (AvgIpc) is 2.85. The van der Waals surface area contributed by atoms with Gasteiger partial charge in [-0.1, -0.05) is 12.0 Å². The smallest absolute Gasteiger partial charge is 0.244 e. The highest BCUT2D eigenvalue weighted by Gasteiger charge is 2.39. The van der Waals surface area contributed by atoms with Gasteiger partial charge >= 0.3 is 0 Å². The molecule has 1 heterocycles. The second-order valence-electron chi connectivity index (χ2n) is 5.97. The molecule has 1 aliphatic rings. The Morgan fingerprint density at radius 3 is 2.64 bits per heavy atom. The number of aryl methyl sites for hydroxylation is 1. The van der Waals surface area contributed by atoms with Gasteiger partial charge in [-0.2, -0.15) is 4.31 Å². The number of carbonyl (C=O) groups is 1. The van der Waals surface area contributed by atoms with E-state index in [9.17, 15) is 21.6 Å². The number of hydrogen-bond donors (Lipinski definition) is 1. The number of rotatable bonds is 5. The lowest BCUT2D eigenvalue weighted by molar-refractivity contribution is -0.114. The van der Waals surface area contributed by atoms with Crippen LogP contribution in [0.15, 0.2) is 23.1 Å². The molecule has 136 valence electrons. The molecule has 0 aromatic heterocycles. The van der Waals surface area contributed by atoms with Crippen LogP contribution in [-0.4, -0.2) is 51.1 Å². The van der Waals surface area contributed by atoms with Crippen LogP contribution in [0.25, 0.3) is 0 Å². The predicted molar refractivity (Wildman–Crippen MR) is 95.3 cm³/mol. The molecule has 0 saturated carbocycles. The first-order valence-electron chi connectivity index (χ1n) is 7.61. The highest BCUT2D eigenvalue weighted by molar-refractivity contribution is 7.92. The molecule has 0 radical (unpaired) electrons. The molecule has 7 nitrogen and oxygen atoms in total. The summed E-state index contributed by atoms with van der Waals surface area (Å²) in [5.74, 6) is 1.68. The van der Waals surface area contributed by atoms with Crippen LogP contribution in [0.3, 0.4) is 0 Å². The van der Waals surface area contributed by atoms with E-state index >= 15 is 0 Å². The Labute approximate surface area is 148 Å². The molecular weight excluding hydrogens is 364 g/mol. The first-order chi connectivity index (χ1) is 11.6. The number of sulfone groups is 1. The van der Waals surface area contributed by atoms with Gasteiger partial charge in [-0.05, 0) is 31.0 Å². The third-order valence-corrected chi connectivity index (χ3v) is 7.75. The predicted octanol–water partition coefficient (Wildman–Crippen LogP) is 0.764. The minimum absolute atomic E-state index is 0.00158. The number of benzene rings is 1. The fraction of sp³-hybridized carbons (Fsp3) is 0.438. The maximum Gasteiger partial charge on any atom is 0.244 e. The summed E-state index contributed by atoms with van der Waals surface area (Å²) in [6.07, 6.45) is 5.53. The third-order valence-electron chi connectivity index (χ3n) is 3.96. The van der Waals surface area contributed by atoms with Crippen molar-refractivity contribution in [3.63, 3.8) is 0 Å². The van der Waals surface area contributed by atoms with Crippen molar-refractivity contribution in [2.75, 3.05) is 23.4 Å². The fourth-order valence-corrected chi connectivity index (χ4v) is 6.43. The molecule has 9 heteroatoms. The minimum Gasteiger partial charge on any atom is -0.326 e. The van der Waals surface area contributed by atoms with Crippen molar-refractivity contribution in [3.05, 3.63) is 23.8 Å². The second kappa shape index (κ2) is 7.15. The molecule has 1 aromatic carbocycles. The molecule has 1 aromatic rings. The zero-order chi connectivity index (χ0) is 18.8. The lowest BCUT2D eigenvalue weighted by Gasteiger charge is -2.26. The van der Waals surface area contributed by atoms with Crippen molar-refractivity contribution < 1.29 is 21.6 Å². The summed E-state index contributed by atoms with van der Waals surface area (Å²) in [4.78, 5) is 11.2. The lowest BCUT2D eigenvalue weighted by Crippen LogP contribution is -2.41. The molecule has 1 fully saturated rings. The Morgan fingerprint density at radius 1 is 1.44 bits per heavy atom. The Hall–Kier alpha value is -1.89. The van der Waals surface area contributed by atoms with E-state index in [1.165, 1.54) is 13.0 Å². The Bertz CT molecular complexity index is 930. The molecule has 2 rings (SSSR count). The maximum atomic E-state index is 13.1. The maximum absolute atomic E-state index is 13.1. The van der Waals surface area contributed by atoms with E-state index in [1.807, 2.05) is 0 Å². The van der Waals surface area contributed by atoms with E-state index in [2.05, 4.69) is 11.2 Å². The number of amides is 1. The van der Waals surface area contributed by atoms with Crippen LogP contribution in [0.1, 0.15) is 18.9 Å². The molecule has 1 N–H and O–H groups in total. The molecule has 1 aliphatic heterocycles. The molecule has 1 atom stereocenters. The zero-order valence-electron chi connectivity index (χ0n) is 14.0. The molecule has 0 aliphatic carbocycles. The normalized spacial score (nSPS) is 19.5. The first kappa shape index (κ1) is 19.4. The number of hydrogen-bond acceptors (Lipinski definition) is 5. The second-order valence-corrected chi connectivity index (χ2v) is 10.1. The molecule has 0 bridgehead atoms. The van der Waals surface area contributed by atoms with Gasteiger partial charge in [0.2, 0.25) is 15.9 Å². The van der Waals surface area contributed by atoms with Crippen molar-refractivity contribution in [2.45, 2.75) is 31.2 Å². The number of anilines is 1. The van der Waals surface area contributed by atoms with Crippen LogP contribution >= 0.6 is 0 Å². The van der Waals surface area contributed by atoms with Crippen molar-refractivity contribution in [1.29, 1.82) is 0 Å². The van der Waals surface area contributed by atoms with Crippen LogP contribution in [0.4, 0.5) is 5.69 Å². The Morgan fingerprint density at radius 2 is 2.12 bits per heavy atom. The van der Waals surface area contributed by atoms with Gasteiger partial charge in [0.15, 0.2) is 9.84 Å². The summed E-state index contributed by atoms with van der Waals surface area (Å²) in [7, 11) is -7.28. The van der Waals surface area contributed by atoms with Crippen LogP contribution in [0, 0.1) is 19.3 Å². The molecule has 25 heavy (non-hydrogen) atoms. The first-order valence-corrected chi connectivity index (χ1v) is 10.9. The lowest BCUT2D eigenvalue weighted by atomic mass is 10.2. The molecule has 1 amide bonds. The van der Waals surface area contributed by atoms with E-state index in [-0.39, 0.29) is 35.3 Å². The number of nitrogens with zero attached hydrogens (tertiary/aromatic N) is 1. The molecule has 1 saturated heterocycles. The van der Waals surface area contributed by atoms with Gasteiger partial charge in [0.25, 0.3) is 0 Å². The quantitative estimate of drug-likeness (QED) is 0.756. The van der Waals surface area contributed by atoms with Gasteiger partial charge in [0, 0.05) is 18.7 Å². The summed E-state index contributed by atoms with van der Waals surface area (Å²) in [5.41, 5.74) is 0.827. The van der Waals surface area contributed by atoms with Gasteiger partial charge in [0.05, 0.1) is 22.9 Å². The van der Waals surface area contributed by atoms with E-state index in [4.69, 9.17) is 6.42 Å². The van der Waals surface area contributed by atoms with Crippen molar-refractivity contribution >= 4 is 31.5 Å². The van der Waals surface area contributed by atoms with Gasteiger partial charge in [0.1, 0.15) is 0 Å². The van der Waals surface area contributed by atoms with Gasteiger partial charge in [-0.3, -0.25) is 4.79 Å². The van der Waals surface area contributed by atoms with E-state index in [0.717, 1.165) is 4.31 Å². The van der Waals surface area contributed by atoms with Crippen molar-refractivity contribution in [3.8, 4) is 12.3 Å². The highest BCUT2D eigenvalue weighted by atomic mass is 32.2. The van der Waals surface area contributed by atoms with Gasteiger partial charge < -0.3 is 5.32 Å². The van der Waals surface area contributed by atoms with E-state index < -0.39 is 25.9 Å².